The topological polar surface area (TPSA) is 59.1 Å². The molecular weight excluding hydrogens is 496 g/mol. The molecule has 0 saturated carbocycles. The summed E-state index contributed by atoms with van der Waals surface area (Å²) in [4.78, 5) is 32.2. The smallest absolute Gasteiger partial charge is 0.242 e. The minimum Gasteiger partial charge on any atom is -0.491 e. The standard InChI is InChI=1S/C31H36N2O4S/c1-22-10-11-28(23(2)17-22)37-21-27-26-13-16-38-29(26)12-14-33(27)31(35)20-32(19-25-9-6-15-36-25)30(34)18-24-7-4-3-5-8-24/h3-5,7-8,10-11,13,16-17,25,27H,6,9,12,14-15,18-21H2,1-2H3/t25-,27+/m1/s1. The molecule has 7 heteroatoms. The molecule has 1 aromatic heterocycles. The Morgan fingerprint density at radius 2 is 1.97 bits per heavy atom. The number of nitrogens with zero attached hydrogens (tertiary/aromatic N) is 2. The number of carbonyl (C=O) groups is 2. The zero-order valence-electron chi connectivity index (χ0n) is 22.2. The highest BCUT2D eigenvalue weighted by Crippen LogP contribution is 2.34. The van der Waals surface area contributed by atoms with Gasteiger partial charge >= 0.3 is 0 Å². The Hall–Kier alpha value is -3.16. The van der Waals surface area contributed by atoms with E-state index in [9.17, 15) is 9.59 Å². The number of ether oxygens (including phenoxy) is 2. The van der Waals surface area contributed by atoms with Crippen LogP contribution < -0.4 is 4.74 Å². The Morgan fingerprint density at radius 1 is 1.13 bits per heavy atom. The molecule has 2 aliphatic rings. The molecule has 38 heavy (non-hydrogen) atoms. The van der Waals surface area contributed by atoms with Crippen LogP contribution in [0, 0.1) is 13.8 Å². The van der Waals surface area contributed by atoms with Crippen LogP contribution in [0.1, 0.15) is 46.0 Å². The first-order chi connectivity index (χ1) is 18.5. The average Bonchev–Trinajstić information content (AvgIpc) is 3.60. The predicted octanol–water partition coefficient (Wildman–Crippen LogP) is 5.12. The fourth-order valence-electron chi connectivity index (χ4n) is 5.43. The van der Waals surface area contributed by atoms with Gasteiger partial charge in [0.05, 0.1) is 25.1 Å². The van der Waals surface area contributed by atoms with Gasteiger partial charge in [0, 0.05) is 24.6 Å². The second kappa shape index (κ2) is 12.1. The molecule has 2 atom stereocenters. The maximum absolute atomic E-state index is 13.8. The third-order valence-corrected chi connectivity index (χ3v) is 8.46. The molecule has 3 aromatic rings. The van der Waals surface area contributed by atoms with Gasteiger partial charge in [-0.1, -0.05) is 48.0 Å². The maximum atomic E-state index is 13.8. The van der Waals surface area contributed by atoms with Crippen LogP contribution in [0.4, 0.5) is 0 Å². The van der Waals surface area contributed by atoms with Crippen molar-refractivity contribution < 1.29 is 19.1 Å². The number of aryl methyl sites for hydroxylation is 2. The van der Waals surface area contributed by atoms with Crippen LogP contribution in [0.3, 0.4) is 0 Å². The first kappa shape index (κ1) is 26.4. The number of hydrogen-bond acceptors (Lipinski definition) is 5. The molecule has 6 nitrogen and oxygen atoms in total. The highest BCUT2D eigenvalue weighted by molar-refractivity contribution is 7.10. The Bertz CT molecular complexity index is 1250. The highest BCUT2D eigenvalue weighted by atomic mass is 32.1. The summed E-state index contributed by atoms with van der Waals surface area (Å²) in [5.74, 6) is 0.746. The molecule has 0 bridgehead atoms. The van der Waals surface area contributed by atoms with E-state index >= 15 is 0 Å². The lowest BCUT2D eigenvalue weighted by Gasteiger charge is -2.37. The number of fused-ring (bicyclic) bond motifs is 1. The van der Waals surface area contributed by atoms with E-state index < -0.39 is 0 Å². The van der Waals surface area contributed by atoms with Crippen LogP contribution in [0.2, 0.25) is 0 Å². The second-order valence-electron chi connectivity index (χ2n) is 10.3. The molecule has 2 aliphatic heterocycles. The van der Waals surface area contributed by atoms with Crippen molar-refractivity contribution >= 4 is 23.2 Å². The van der Waals surface area contributed by atoms with Gasteiger partial charge < -0.3 is 19.3 Å². The van der Waals surface area contributed by atoms with Crippen LogP contribution in [0.15, 0.2) is 60.0 Å². The molecule has 0 unspecified atom stereocenters. The lowest BCUT2D eigenvalue weighted by Crippen LogP contribution is -2.49. The Labute approximate surface area is 229 Å². The number of carbonyl (C=O) groups excluding carboxylic acids is 2. The van der Waals surface area contributed by atoms with Crippen LogP contribution in [-0.4, -0.2) is 60.6 Å². The number of benzene rings is 2. The number of thiophene rings is 1. The zero-order valence-corrected chi connectivity index (χ0v) is 23.0. The summed E-state index contributed by atoms with van der Waals surface area (Å²) in [7, 11) is 0. The van der Waals surface area contributed by atoms with Crippen molar-refractivity contribution in [2.45, 2.75) is 51.7 Å². The van der Waals surface area contributed by atoms with Crippen molar-refractivity contribution in [3.63, 3.8) is 0 Å². The maximum Gasteiger partial charge on any atom is 0.242 e. The van der Waals surface area contributed by atoms with Crippen molar-refractivity contribution in [2.75, 3.05) is 32.8 Å². The molecule has 1 fully saturated rings. The first-order valence-electron chi connectivity index (χ1n) is 13.5. The van der Waals surface area contributed by atoms with Crippen molar-refractivity contribution in [3.8, 4) is 5.75 Å². The quantitative estimate of drug-likeness (QED) is 0.384. The van der Waals surface area contributed by atoms with E-state index in [1.807, 2.05) is 54.3 Å². The van der Waals surface area contributed by atoms with Crippen molar-refractivity contribution in [1.29, 1.82) is 0 Å². The molecule has 0 N–H and O–H groups in total. The lowest BCUT2D eigenvalue weighted by molar-refractivity contribution is -0.143. The van der Waals surface area contributed by atoms with Crippen molar-refractivity contribution in [1.82, 2.24) is 9.80 Å². The van der Waals surface area contributed by atoms with E-state index in [1.165, 1.54) is 10.4 Å². The molecule has 3 heterocycles. The molecule has 0 radical (unpaired) electrons. The third-order valence-electron chi connectivity index (χ3n) is 7.47. The fraction of sp³-hybridized carbons (Fsp3) is 0.419. The van der Waals surface area contributed by atoms with Gasteiger partial charge in [-0.2, -0.15) is 0 Å². The van der Waals surface area contributed by atoms with Gasteiger partial charge in [0.25, 0.3) is 0 Å². The summed E-state index contributed by atoms with van der Waals surface area (Å²) in [6, 6.07) is 17.8. The molecule has 2 aromatic carbocycles. The van der Waals surface area contributed by atoms with E-state index in [0.29, 0.717) is 26.3 Å². The molecule has 5 rings (SSSR count). The van der Waals surface area contributed by atoms with Gasteiger partial charge in [-0.15, -0.1) is 11.3 Å². The van der Waals surface area contributed by atoms with Crippen molar-refractivity contribution in [2.24, 2.45) is 0 Å². The monoisotopic (exact) mass is 532 g/mol. The van der Waals surface area contributed by atoms with Gasteiger partial charge in [-0.25, -0.2) is 0 Å². The van der Waals surface area contributed by atoms with Crippen molar-refractivity contribution in [3.05, 3.63) is 87.1 Å². The van der Waals surface area contributed by atoms with E-state index in [0.717, 1.165) is 41.7 Å². The summed E-state index contributed by atoms with van der Waals surface area (Å²) in [5.41, 5.74) is 4.37. The van der Waals surface area contributed by atoms with Crippen LogP contribution in [0.5, 0.6) is 5.75 Å². The second-order valence-corrected chi connectivity index (χ2v) is 11.3. The Balaban J connectivity index is 1.33. The van der Waals surface area contributed by atoms with Gasteiger partial charge in [0.2, 0.25) is 11.8 Å². The fourth-order valence-corrected chi connectivity index (χ4v) is 6.36. The van der Waals surface area contributed by atoms with Crippen LogP contribution >= 0.6 is 11.3 Å². The van der Waals surface area contributed by atoms with E-state index in [1.54, 1.807) is 16.2 Å². The number of hydrogen-bond donors (Lipinski definition) is 0. The third kappa shape index (κ3) is 6.27. The molecule has 0 aliphatic carbocycles. The minimum absolute atomic E-state index is 0.0176. The van der Waals surface area contributed by atoms with Gasteiger partial charge in [-0.05, 0) is 67.3 Å². The molecule has 2 amide bonds. The summed E-state index contributed by atoms with van der Waals surface area (Å²) in [6.07, 6.45) is 2.98. The largest absolute Gasteiger partial charge is 0.491 e. The first-order valence-corrected chi connectivity index (χ1v) is 14.3. The van der Waals surface area contributed by atoms with E-state index in [2.05, 4.69) is 24.4 Å². The number of rotatable bonds is 9. The zero-order chi connectivity index (χ0) is 26.5. The van der Waals surface area contributed by atoms with E-state index in [-0.39, 0.29) is 36.9 Å². The molecular formula is C31H36N2O4S. The van der Waals surface area contributed by atoms with Gasteiger partial charge in [0.15, 0.2) is 0 Å². The summed E-state index contributed by atoms with van der Waals surface area (Å²) in [5, 5.41) is 2.09. The highest BCUT2D eigenvalue weighted by Gasteiger charge is 2.34. The number of amides is 2. The Kier molecular flexibility index (Phi) is 8.45. The SMILES string of the molecule is Cc1ccc(OC[C@H]2c3ccsc3CCN2C(=O)CN(C[C@H]2CCCO2)C(=O)Cc2ccccc2)c(C)c1. The summed E-state index contributed by atoms with van der Waals surface area (Å²) >= 11 is 1.74. The van der Waals surface area contributed by atoms with E-state index in [4.69, 9.17) is 9.47 Å². The summed E-state index contributed by atoms with van der Waals surface area (Å²) in [6.45, 7) is 6.31. The summed E-state index contributed by atoms with van der Waals surface area (Å²) < 4.78 is 12.1. The van der Waals surface area contributed by atoms with Crippen LogP contribution in [0.25, 0.3) is 0 Å². The molecule has 200 valence electrons. The molecule has 1 saturated heterocycles. The molecule has 0 spiro atoms. The van der Waals surface area contributed by atoms with Gasteiger partial charge in [-0.3, -0.25) is 9.59 Å². The normalized spacial score (nSPS) is 18.7. The lowest BCUT2D eigenvalue weighted by atomic mass is 10.00. The minimum atomic E-state index is -0.188. The average molecular weight is 533 g/mol. The predicted molar refractivity (Wildman–Crippen MR) is 150 cm³/mol. The van der Waals surface area contributed by atoms with Crippen LogP contribution in [-0.2, 0) is 27.2 Å². The Morgan fingerprint density at radius 3 is 2.74 bits per heavy atom. The van der Waals surface area contributed by atoms with Gasteiger partial charge in [0.1, 0.15) is 12.4 Å².